The van der Waals surface area contributed by atoms with Crippen molar-refractivity contribution >= 4 is 35.5 Å². The van der Waals surface area contributed by atoms with Gasteiger partial charge in [-0.05, 0) is 99.3 Å². The Hall–Kier alpha value is -4.47. The summed E-state index contributed by atoms with van der Waals surface area (Å²) in [5, 5.41) is 28.8. The maximum Gasteiger partial charge on any atom is 0.251 e. The van der Waals surface area contributed by atoms with Crippen molar-refractivity contribution in [1.82, 2.24) is 15.6 Å². The van der Waals surface area contributed by atoms with Crippen molar-refractivity contribution in [1.29, 1.82) is 0 Å². The molecule has 2 unspecified atom stereocenters. The smallest absolute Gasteiger partial charge is 0.251 e. The van der Waals surface area contributed by atoms with Crippen LogP contribution in [0.5, 0.6) is 0 Å². The molecule has 2 amide bonds. The quantitative estimate of drug-likeness (QED) is 0.319. The average molecular weight is 587 g/mol. The average Bonchev–Trinajstić information content (AvgIpc) is 3.59. The van der Waals surface area contributed by atoms with Crippen LogP contribution in [-0.4, -0.2) is 46.5 Å². The van der Waals surface area contributed by atoms with Crippen molar-refractivity contribution in [3.63, 3.8) is 0 Å². The zero-order chi connectivity index (χ0) is 31.6. The van der Waals surface area contributed by atoms with Gasteiger partial charge in [0.05, 0.1) is 17.8 Å². The lowest BCUT2D eigenvalue weighted by Gasteiger charge is -2.14. The van der Waals surface area contributed by atoms with Crippen LogP contribution in [0.1, 0.15) is 82.3 Å². The summed E-state index contributed by atoms with van der Waals surface area (Å²) in [6, 6.07) is -0.431. The van der Waals surface area contributed by atoms with Gasteiger partial charge in [-0.25, -0.2) is 0 Å². The minimum atomic E-state index is -1.17. The van der Waals surface area contributed by atoms with Crippen LogP contribution in [0.2, 0.25) is 0 Å². The third kappa shape index (κ3) is 6.48. The molecule has 4 rings (SSSR count). The van der Waals surface area contributed by atoms with Gasteiger partial charge in [-0.2, -0.15) is 0 Å². The molecular formula is C33H38N4O6-2. The van der Waals surface area contributed by atoms with E-state index in [-0.39, 0.29) is 49.6 Å². The van der Waals surface area contributed by atoms with Gasteiger partial charge in [0.15, 0.2) is 0 Å². The molecule has 0 fully saturated rings. The van der Waals surface area contributed by atoms with Crippen LogP contribution in [0.25, 0.3) is 6.08 Å². The Balaban J connectivity index is 1.74. The third-order valence-corrected chi connectivity index (χ3v) is 8.84. The van der Waals surface area contributed by atoms with E-state index < -0.39 is 11.9 Å². The molecule has 0 bridgehead atoms. The van der Waals surface area contributed by atoms with Gasteiger partial charge in [-0.15, -0.1) is 0 Å². The molecule has 3 aliphatic heterocycles. The maximum atomic E-state index is 12.4. The number of carbonyl (C=O) groups excluding carboxylic acids is 4. The lowest BCUT2D eigenvalue weighted by molar-refractivity contribution is -0.307. The number of aliphatic carboxylic acids is 2. The van der Waals surface area contributed by atoms with Crippen LogP contribution in [0.15, 0.2) is 56.8 Å². The van der Waals surface area contributed by atoms with E-state index in [0.29, 0.717) is 29.8 Å². The summed E-state index contributed by atoms with van der Waals surface area (Å²) in [6.45, 7) is 13.3. The molecule has 10 nitrogen and oxygen atoms in total. The first-order valence-corrected chi connectivity index (χ1v) is 14.6. The molecule has 0 saturated carbocycles. The minimum absolute atomic E-state index is 0.0830. The summed E-state index contributed by atoms with van der Waals surface area (Å²) < 4.78 is 0. The first-order valence-electron chi connectivity index (χ1n) is 14.6. The Bertz CT molecular complexity index is 1560. The van der Waals surface area contributed by atoms with E-state index in [0.717, 1.165) is 56.8 Å². The lowest BCUT2D eigenvalue weighted by Crippen LogP contribution is -2.31. The zero-order valence-electron chi connectivity index (χ0n) is 25.4. The number of rotatable bonds is 13. The fourth-order valence-corrected chi connectivity index (χ4v) is 6.27. The molecule has 43 heavy (non-hydrogen) atoms. The second-order valence-electron chi connectivity index (χ2n) is 11.3. The number of nitrogens with one attached hydrogen (secondary N) is 3. The summed E-state index contributed by atoms with van der Waals surface area (Å²) in [5.74, 6) is -2.61. The molecule has 4 heterocycles. The lowest BCUT2D eigenvalue weighted by atomic mass is 9.95. The van der Waals surface area contributed by atoms with Crippen LogP contribution in [-0.2, 0) is 32.0 Å². The second kappa shape index (κ2) is 12.8. The first-order chi connectivity index (χ1) is 20.4. The van der Waals surface area contributed by atoms with Crippen molar-refractivity contribution < 1.29 is 29.4 Å². The summed E-state index contributed by atoms with van der Waals surface area (Å²) in [5.41, 5.74) is 9.32. The van der Waals surface area contributed by atoms with Gasteiger partial charge in [0.1, 0.15) is 0 Å². The zero-order valence-corrected chi connectivity index (χ0v) is 25.4. The van der Waals surface area contributed by atoms with Gasteiger partial charge in [0, 0.05) is 53.0 Å². The van der Waals surface area contributed by atoms with E-state index >= 15 is 0 Å². The number of carboxylic acids is 2. The van der Waals surface area contributed by atoms with Crippen molar-refractivity contribution in [2.75, 3.05) is 0 Å². The van der Waals surface area contributed by atoms with Crippen LogP contribution in [0.3, 0.4) is 0 Å². The van der Waals surface area contributed by atoms with E-state index in [1.807, 2.05) is 40.7 Å². The van der Waals surface area contributed by atoms with Crippen molar-refractivity contribution in [2.45, 2.75) is 91.6 Å². The predicted molar refractivity (Wildman–Crippen MR) is 159 cm³/mol. The van der Waals surface area contributed by atoms with E-state index in [1.165, 1.54) is 6.08 Å². The van der Waals surface area contributed by atoms with E-state index in [2.05, 4.69) is 22.2 Å². The second-order valence-corrected chi connectivity index (χ2v) is 11.3. The van der Waals surface area contributed by atoms with Crippen LogP contribution in [0.4, 0.5) is 0 Å². The summed E-state index contributed by atoms with van der Waals surface area (Å²) in [4.78, 5) is 55.9. The van der Waals surface area contributed by atoms with Gasteiger partial charge in [-0.3, -0.25) is 14.6 Å². The monoisotopic (exact) mass is 586 g/mol. The predicted octanol–water partition coefficient (Wildman–Crippen LogP) is 1.81. The molecule has 0 aliphatic carbocycles. The Morgan fingerprint density at radius 2 is 1.58 bits per heavy atom. The highest BCUT2D eigenvalue weighted by atomic mass is 16.4. The van der Waals surface area contributed by atoms with Gasteiger partial charge in [-0.1, -0.05) is 19.6 Å². The Morgan fingerprint density at radius 3 is 2.19 bits per heavy atom. The Labute approximate surface area is 251 Å². The molecule has 228 valence electrons. The number of carbonyl (C=O) groups is 4. The van der Waals surface area contributed by atoms with Gasteiger partial charge >= 0.3 is 0 Å². The summed E-state index contributed by atoms with van der Waals surface area (Å²) in [7, 11) is 0. The summed E-state index contributed by atoms with van der Waals surface area (Å²) >= 11 is 0. The molecular weight excluding hydrogens is 548 g/mol. The SMILES string of the molecule is C=CC1=C(C)C(CC2=N/C(=C/c3[nH]c(CC4NC(=O)C(C)=C4CC)c(C)c3CCC(=O)[O-])C(CCC(=O)[O-])=C2C)NC1=O. The van der Waals surface area contributed by atoms with Crippen LogP contribution >= 0.6 is 0 Å². The van der Waals surface area contributed by atoms with Crippen LogP contribution < -0.4 is 20.8 Å². The van der Waals surface area contributed by atoms with E-state index in [4.69, 9.17) is 4.99 Å². The highest BCUT2D eigenvalue weighted by Crippen LogP contribution is 2.35. The van der Waals surface area contributed by atoms with Gasteiger partial charge in [0.25, 0.3) is 5.91 Å². The number of hydrogen-bond donors (Lipinski definition) is 3. The highest BCUT2D eigenvalue weighted by molar-refractivity contribution is 6.07. The molecule has 0 aromatic carbocycles. The number of aromatic amines is 1. The van der Waals surface area contributed by atoms with E-state index in [1.54, 1.807) is 0 Å². The molecule has 1 aromatic rings. The molecule has 0 spiro atoms. The molecule has 3 N–H and O–H groups in total. The normalized spacial score (nSPS) is 21.2. The van der Waals surface area contributed by atoms with Crippen molar-refractivity contribution in [3.05, 3.63) is 74.3 Å². The summed E-state index contributed by atoms with van der Waals surface area (Å²) in [6.07, 6.45) is 5.11. The Morgan fingerprint density at radius 1 is 0.930 bits per heavy atom. The minimum Gasteiger partial charge on any atom is -0.550 e. The number of aromatic nitrogens is 1. The number of amides is 2. The maximum absolute atomic E-state index is 12.4. The molecule has 2 atom stereocenters. The topological polar surface area (TPSA) is 167 Å². The van der Waals surface area contributed by atoms with Gasteiger partial charge in [0.2, 0.25) is 5.91 Å². The highest BCUT2D eigenvalue weighted by Gasteiger charge is 2.32. The number of allylic oxidation sites excluding steroid dienone is 2. The standard InChI is InChI=1S/C33H40N4O6/c1-7-20-19(6)32(42)37-27(20)14-25-18(5)23(10-12-31(40)41)29(35-25)15-28-22(9-11-30(38)39)17(4)24(34-28)13-26-16(3)21(8-2)33(43)36-26/h8,15,26-27,35H,2,7,9-14H2,1,3-6H3,(H,36,43)(H,37,42)(H,38,39)(H,40,41)/p-2/b28-15+. The molecule has 0 radical (unpaired) electrons. The fraction of sp³-hybridized carbons (Fsp3) is 0.424. The van der Waals surface area contributed by atoms with Crippen LogP contribution in [0, 0.1) is 6.92 Å². The number of nitrogens with zero attached hydrogens (tertiary/aromatic N) is 1. The molecule has 3 aliphatic rings. The number of H-pyrrole nitrogens is 1. The van der Waals surface area contributed by atoms with Gasteiger partial charge < -0.3 is 35.4 Å². The first kappa shape index (κ1) is 31.5. The number of aliphatic imine (C=N–C) groups is 1. The third-order valence-electron chi connectivity index (χ3n) is 8.84. The number of hydrogen-bond acceptors (Lipinski definition) is 7. The van der Waals surface area contributed by atoms with Crippen molar-refractivity contribution in [2.24, 2.45) is 4.99 Å². The fourth-order valence-electron chi connectivity index (χ4n) is 6.27. The molecule has 0 saturated heterocycles. The molecule has 1 aromatic heterocycles. The number of carboxylic acid groups (broad SMARTS) is 2. The van der Waals surface area contributed by atoms with Crippen molar-refractivity contribution in [3.8, 4) is 0 Å². The Kier molecular flexibility index (Phi) is 9.37. The molecule has 10 heteroatoms. The van der Waals surface area contributed by atoms with E-state index in [9.17, 15) is 29.4 Å². The largest absolute Gasteiger partial charge is 0.550 e.